The summed E-state index contributed by atoms with van der Waals surface area (Å²) >= 11 is 0. The van der Waals surface area contributed by atoms with Crippen LogP contribution in [0.4, 0.5) is 0 Å². The van der Waals surface area contributed by atoms with Gasteiger partial charge in [-0.1, -0.05) is 103 Å². The van der Waals surface area contributed by atoms with Crippen molar-refractivity contribution in [2.75, 3.05) is 7.11 Å². The summed E-state index contributed by atoms with van der Waals surface area (Å²) in [5, 5.41) is 0. The van der Waals surface area contributed by atoms with E-state index >= 15 is 0 Å². The van der Waals surface area contributed by atoms with Gasteiger partial charge in [0.1, 0.15) is 0 Å². The summed E-state index contributed by atoms with van der Waals surface area (Å²) in [4.78, 5) is 10.9. The highest BCUT2D eigenvalue weighted by Gasteiger charge is 1.97. The third-order valence-electron chi connectivity index (χ3n) is 4.87. The van der Waals surface area contributed by atoms with Crippen molar-refractivity contribution in [1.29, 1.82) is 0 Å². The standard InChI is InChI=1S/C23H44O2/c1-3-4-5-6-7-8-9-10-11-12-13-14-15-16-17-18-19-20-21-22-23(24)25-2/h18-19H,3-17,20-22H2,1-2H3. The maximum absolute atomic E-state index is 10.9. The molecule has 0 bridgehead atoms. The fourth-order valence-corrected chi connectivity index (χ4v) is 3.16. The van der Waals surface area contributed by atoms with E-state index in [-0.39, 0.29) is 5.97 Å². The minimum atomic E-state index is -0.0969. The molecule has 0 atom stereocenters. The summed E-state index contributed by atoms with van der Waals surface area (Å²) in [7, 11) is 1.45. The van der Waals surface area contributed by atoms with Crippen LogP contribution in [0.5, 0.6) is 0 Å². The minimum Gasteiger partial charge on any atom is -0.469 e. The lowest BCUT2D eigenvalue weighted by molar-refractivity contribution is -0.140. The molecule has 2 heteroatoms. The van der Waals surface area contributed by atoms with Crippen LogP contribution < -0.4 is 0 Å². The predicted octanol–water partition coefficient (Wildman–Crippen LogP) is 7.76. The zero-order valence-corrected chi connectivity index (χ0v) is 17.2. The fourth-order valence-electron chi connectivity index (χ4n) is 3.16. The Morgan fingerprint density at radius 1 is 0.640 bits per heavy atom. The largest absolute Gasteiger partial charge is 0.469 e. The van der Waals surface area contributed by atoms with E-state index in [9.17, 15) is 4.79 Å². The second kappa shape index (κ2) is 21.3. The summed E-state index contributed by atoms with van der Waals surface area (Å²) in [6.07, 6.45) is 28.0. The van der Waals surface area contributed by atoms with Crippen molar-refractivity contribution in [1.82, 2.24) is 0 Å². The topological polar surface area (TPSA) is 26.3 Å². The SMILES string of the molecule is CCCCCCCCCCCCCCCCC=CCCCC(=O)OC. The maximum atomic E-state index is 10.9. The summed E-state index contributed by atoms with van der Waals surface area (Å²) in [6, 6.07) is 0. The van der Waals surface area contributed by atoms with Crippen molar-refractivity contribution >= 4 is 5.97 Å². The van der Waals surface area contributed by atoms with Crippen molar-refractivity contribution < 1.29 is 9.53 Å². The summed E-state index contributed by atoms with van der Waals surface area (Å²) in [5.74, 6) is -0.0969. The van der Waals surface area contributed by atoms with Crippen molar-refractivity contribution in [3.63, 3.8) is 0 Å². The number of rotatable bonds is 19. The lowest BCUT2D eigenvalue weighted by Crippen LogP contribution is -1.98. The molecule has 2 nitrogen and oxygen atoms in total. The average Bonchev–Trinajstić information content (AvgIpc) is 2.63. The average molecular weight is 353 g/mol. The van der Waals surface area contributed by atoms with Crippen LogP contribution in [-0.2, 0) is 9.53 Å². The third-order valence-corrected chi connectivity index (χ3v) is 4.87. The van der Waals surface area contributed by atoms with E-state index in [0.29, 0.717) is 6.42 Å². The van der Waals surface area contributed by atoms with Crippen molar-refractivity contribution in [2.45, 2.75) is 122 Å². The molecule has 0 saturated heterocycles. The molecule has 25 heavy (non-hydrogen) atoms. The van der Waals surface area contributed by atoms with Crippen LogP contribution in [0.2, 0.25) is 0 Å². The number of carbonyl (C=O) groups is 1. The number of ether oxygens (including phenoxy) is 1. The van der Waals surface area contributed by atoms with Gasteiger partial charge in [0.25, 0.3) is 0 Å². The number of allylic oxidation sites excluding steroid dienone is 2. The van der Waals surface area contributed by atoms with Gasteiger partial charge < -0.3 is 4.74 Å². The molecule has 0 aliphatic carbocycles. The van der Waals surface area contributed by atoms with E-state index in [1.165, 1.54) is 103 Å². The Hall–Kier alpha value is -0.790. The van der Waals surface area contributed by atoms with Gasteiger partial charge in [-0.3, -0.25) is 4.79 Å². The second-order valence-electron chi connectivity index (χ2n) is 7.32. The molecule has 0 aromatic rings. The maximum Gasteiger partial charge on any atom is 0.305 e. The monoisotopic (exact) mass is 352 g/mol. The molecule has 0 heterocycles. The quantitative estimate of drug-likeness (QED) is 0.135. The van der Waals surface area contributed by atoms with Gasteiger partial charge in [0.05, 0.1) is 7.11 Å². The molecular formula is C23H44O2. The number of carbonyl (C=O) groups excluding carboxylic acids is 1. The van der Waals surface area contributed by atoms with E-state index in [1.54, 1.807) is 0 Å². The van der Waals surface area contributed by atoms with E-state index in [2.05, 4.69) is 23.8 Å². The Kier molecular flexibility index (Phi) is 20.6. The van der Waals surface area contributed by atoms with Crippen LogP contribution in [0, 0.1) is 0 Å². The highest BCUT2D eigenvalue weighted by molar-refractivity contribution is 5.68. The van der Waals surface area contributed by atoms with E-state index in [4.69, 9.17) is 0 Å². The molecule has 0 aromatic carbocycles. The van der Waals surface area contributed by atoms with Gasteiger partial charge in [-0.25, -0.2) is 0 Å². The Bertz CT molecular complexity index is 296. The molecule has 0 unspecified atom stereocenters. The molecular weight excluding hydrogens is 308 g/mol. The van der Waals surface area contributed by atoms with Gasteiger partial charge in [-0.2, -0.15) is 0 Å². The zero-order chi connectivity index (χ0) is 18.4. The smallest absolute Gasteiger partial charge is 0.305 e. The summed E-state index contributed by atoms with van der Waals surface area (Å²) in [5.41, 5.74) is 0. The second-order valence-corrected chi connectivity index (χ2v) is 7.32. The highest BCUT2D eigenvalue weighted by Crippen LogP contribution is 2.13. The Morgan fingerprint density at radius 2 is 1.04 bits per heavy atom. The lowest BCUT2D eigenvalue weighted by Gasteiger charge is -2.02. The Labute approximate surface area is 157 Å². The van der Waals surface area contributed by atoms with Gasteiger partial charge in [0.2, 0.25) is 0 Å². The van der Waals surface area contributed by atoms with Crippen LogP contribution in [0.15, 0.2) is 12.2 Å². The van der Waals surface area contributed by atoms with Crippen molar-refractivity contribution in [3.05, 3.63) is 12.2 Å². The molecule has 0 saturated carbocycles. The highest BCUT2D eigenvalue weighted by atomic mass is 16.5. The van der Waals surface area contributed by atoms with Gasteiger partial charge in [-0.05, 0) is 25.7 Å². The molecule has 0 aromatic heterocycles. The number of esters is 1. The van der Waals surface area contributed by atoms with Crippen molar-refractivity contribution in [3.8, 4) is 0 Å². The third kappa shape index (κ3) is 21.2. The van der Waals surface area contributed by atoms with Crippen LogP contribution >= 0.6 is 0 Å². The van der Waals surface area contributed by atoms with Gasteiger partial charge >= 0.3 is 5.97 Å². The number of methoxy groups -OCH3 is 1. The fraction of sp³-hybridized carbons (Fsp3) is 0.870. The molecule has 0 aliphatic heterocycles. The van der Waals surface area contributed by atoms with E-state index in [0.717, 1.165) is 12.8 Å². The predicted molar refractivity (Wildman–Crippen MR) is 110 cm³/mol. The molecule has 0 rings (SSSR count). The first kappa shape index (κ1) is 24.2. The first-order valence-electron chi connectivity index (χ1n) is 11.0. The van der Waals surface area contributed by atoms with Crippen LogP contribution in [0.1, 0.15) is 122 Å². The molecule has 0 radical (unpaired) electrons. The van der Waals surface area contributed by atoms with Gasteiger partial charge in [0, 0.05) is 6.42 Å². The summed E-state index contributed by atoms with van der Waals surface area (Å²) < 4.78 is 4.62. The zero-order valence-electron chi connectivity index (χ0n) is 17.2. The number of hydrogen-bond donors (Lipinski definition) is 0. The normalized spacial score (nSPS) is 11.3. The van der Waals surface area contributed by atoms with Crippen LogP contribution in [0.25, 0.3) is 0 Å². The summed E-state index contributed by atoms with van der Waals surface area (Å²) in [6.45, 7) is 2.28. The van der Waals surface area contributed by atoms with Crippen LogP contribution in [-0.4, -0.2) is 13.1 Å². The first-order valence-corrected chi connectivity index (χ1v) is 11.0. The molecule has 0 N–H and O–H groups in total. The Balaban J connectivity index is 3.08. The molecule has 0 amide bonds. The minimum absolute atomic E-state index is 0.0969. The lowest BCUT2D eigenvalue weighted by atomic mass is 10.0. The van der Waals surface area contributed by atoms with Crippen LogP contribution in [0.3, 0.4) is 0 Å². The molecule has 0 fully saturated rings. The number of hydrogen-bond acceptors (Lipinski definition) is 2. The van der Waals surface area contributed by atoms with Gasteiger partial charge in [0.15, 0.2) is 0 Å². The molecule has 0 spiro atoms. The molecule has 148 valence electrons. The Morgan fingerprint density at radius 3 is 1.48 bits per heavy atom. The van der Waals surface area contributed by atoms with E-state index < -0.39 is 0 Å². The van der Waals surface area contributed by atoms with Crippen molar-refractivity contribution in [2.24, 2.45) is 0 Å². The van der Waals surface area contributed by atoms with Gasteiger partial charge in [-0.15, -0.1) is 0 Å². The van der Waals surface area contributed by atoms with E-state index in [1.807, 2.05) is 0 Å². The first-order chi connectivity index (χ1) is 12.3. The number of unbranched alkanes of at least 4 members (excludes halogenated alkanes) is 15. The molecule has 0 aliphatic rings.